The van der Waals surface area contributed by atoms with Crippen LogP contribution < -0.4 is 5.32 Å². The molecule has 0 aliphatic rings. The van der Waals surface area contributed by atoms with Crippen LogP contribution in [-0.4, -0.2) is 155 Å². The van der Waals surface area contributed by atoms with Crippen molar-refractivity contribution in [2.24, 2.45) is 0 Å². The summed E-state index contributed by atoms with van der Waals surface area (Å²) in [7, 11) is -3.02. The largest absolute Gasteiger partial charge is 0.472 e. The molecule has 18 nitrogen and oxygen atoms in total. The second-order valence-electron chi connectivity index (χ2n) is 18.8. The van der Waals surface area contributed by atoms with Crippen LogP contribution in [0.3, 0.4) is 0 Å². The molecule has 0 aliphatic heterocycles. The van der Waals surface area contributed by atoms with Crippen molar-refractivity contribution in [1.82, 2.24) is 5.32 Å². The minimum absolute atomic E-state index is 0.0238. The van der Waals surface area contributed by atoms with E-state index in [1.807, 2.05) is 0 Å². The lowest BCUT2D eigenvalue weighted by Gasteiger charge is -2.20. The lowest BCUT2D eigenvalue weighted by atomic mass is 10.1. The maximum atomic E-state index is 12.8. The highest BCUT2D eigenvalue weighted by Gasteiger charge is 2.26. The number of ether oxygens (including phenoxy) is 10. The Morgan fingerprint density at radius 1 is 0.434 bits per heavy atom. The number of methoxy groups -OCH3 is 1. The summed E-state index contributed by atoms with van der Waals surface area (Å²) in [6, 6.07) is 0. The fourth-order valence-corrected chi connectivity index (χ4v) is 8.17. The Hall–Kier alpha value is -2.48. The molecule has 0 saturated heterocycles. The zero-order valence-corrected chi connectivity index (χ0v) is 48.7. The minimum atomic E-state index is -4.64. The van der Waals surface area contributed by atoms with E-state index in [4.69, 9.17) is 56.4 Å². The number of phosphoric ester groups is 1. The van der Waals surface area contributed by atoms with E-state index in [1.165, 1.54) is 77.0 Å². The number of esters is 2. The van der Waals surface area contributed by atoms with Gasteiger partial charge in [0.2, 0.25) is 0 Å². The number of carbonyl (C=O) groups excluding carboxylic acids is 3. The summed E-state index contributed by atoms with van der Waals surface area (Å²) in [4.78, 5) is 47.9. The van der Waals surface area contributed by atoms with E-state index in [-0.39, 0.29) is 45.8 Å². The molecule has 0 saturated carbocycles. The summed E-state index contributed by atoms with van der Waals surface area (Å²) in [6.45, 7) is 8.61. The van der Waals surface area contributed by atoms with E-state index < -0.39 is 38.6 Å². The van der Waals surface area contributed by atoms with E-state index in [1.54, 1.807) is 7.11 Å². The van der Waals surface area contributed by atoms with E-state index in [0.717, 1.165) is 77.0 Å². The highest BCUT2D eigenvalue weighted by atomic mass is 31.2. The maximum absolute atomic E-state index is 12.8. The molecule has 0 radical (unpaired) electrons. The molecule has 0 fully saturated rings. The van der Waals surface area contributed by atoms with Crippen molar-refractivity contribution in [3.8, 4) is 0 Å². The van der Waals surface area contributed by atoms with Gasteiger partial charge in [-0.05, 0) is 64.2 Å². The number of unbranched alkanes of at least 4 members (excludes halogenated alkanes) is 22. The topological polar surface area (TPSA) is 211 Å². The Kier molecular flexibility index (Phi) is 58.2. The average molecular weight is 1110 g/mol. The first-order valence-corrected chi connectivity index (χ1v) is 30.9. The van der Waals surface area contributed by atoms with Gasteiger partial charge in [0.1, 0.15) is 13.2 Å². The lowest BCUT2D eigenvalue weighted by Crippen LogP contribution is -2.30. The number of rotatable bonds is 61. The second-order valence-corrected chi connectivity index (χ2v) is 20.2. The van der Waals surface area contributed by atoms with Crippen LogP contribution in [0.4, 0.5) is 4.79 Å². The molecule has 0 aliphatic carbocycles. The predicted molar refractivity (Wildman–Crippen MR) is 298 cm³/mol. The van der Waals surface area contributed by atoms with Crippen LogP contribution in [0.2, 0.25) is 0 Å². The fourth-order valence-electron chi connectivity index (χ4n) is 7.42. The highest BCUT2D eigenvalue weighted by Crippen LogP contribution is 2.43. The molecule has 2 N–H and O–H groups in total. The highest BCUT2D eigenvalue weighted by molar-refractivity contribution is 7.47. The molecule has 0 aromatic heterocycles. The van der Waals surface area contributed by atoms with E-state index in [9.17, 15) is 23.8 Å². The Morgan fingerprint density at radius 3 is 1.22 bits per heavy atom. The van der Waals surface area contributed by atoms with E-state index in [2.05, 4.69) is 43.5 Å². The summed E-state index contributed by atoms with van der Waals surface area (Å²) in [5, 5.41) is 2.42. The molecule has 19 heteroatoms. The maximum Gasteiger partial charge on any atom is 0.472 e. The number of nitrogens with one attached hydrogen (secondary N) is 1. The first-order valence-electron chi connectivity index (χ1n) is 29.4. The molecule has 0 aromatic rings. The number of hydrogen-bond donors (Lipinski definition) is 2. The first kappa shape index (κ1) is 73.5. The molecular weight excluding hydrogens is 1000 g/mol. The molecule has 1 amide bonds. The van der Waals surface area contributed by atoms with E-state index in [0.29, 0.717) is 92.1 Å². The van der Waals surface area contributed by atoms with Crippen LogP contribution in [0.5, 0.6) is 0 Å². The number of carbonyl (C=O) groups is 3. The minimum Gasteiger partial charge on any atom is -0.462 e. The van der Waals surface area contributed by atoms with Crippen LogP contribution in [0.1, 0.15) is 194 Å². The van der Waals surface area contributed by atoms with Gasteiger partial charge in [-0.1, -0.05) is 141 Å². The quantitative estimate of drug-likeness (QED) is 0.0191. The number of phosphoric acid groups is 1. The van der Waals surface area contributed by atoms with Crippen molar-refractivity contribution in [1.29, 1.82) is 0 Å². The predicted octanol–water partition coefficient (Wildman–Crippen LogP) is 12.1. The van der Waals surface area contributed by atoms with Gasteiger partial charge in [-0.15, -0.1) is 0 Å². The standard InChI is InChI=1S/C57H108NO17P/c1-4-6-8-10-12-14-16-18-20-22-24-26-28-30-32-34-55(59)72-52-54(75-56(60)35-33-31-29-27-25-23-21-19-17-15-13-11-9-7-5-2)53-74-76(62,63)73-37-36-58-57(61)71-51-50-70-49-48-69-47-46-68-45-44-67-43-42-66-41-40-65-39-38-64-3/h18-21,54H,4-17,22-53H2,1-3H3,(H,58,61)(H,62,63)/b20-18-,21-19-/t54-/m1/s1. The molecule has 448 valence electrons. The number of amides is 1. The average Bonchev–Trinajstić information content (AvgIpc) is 3.41. The van der Waals surface area contributed by atoms with Crippen molar-refractivity contribution in [3.05, 3.63) is 24.3 Å². The third-order valence-electron chi connectivity index (χ3n) is 11.8. The van der Waals surface area contributed by atoms with Gasteiger partial charge in [0.05, 0.1) is 99.1 Å². The molecule has 0 spiro atoms. The summed E-state index contributed by atoms with van der Waals surface area (Å²) in [5.74, 6) is -0.951. The van der Waals surface area contributed by atoms with Crippen molar-refractivity contribution in [2.45, 2.75) is 200 Å². The van der Waals surface area contributed by atoms with Crippen LogP contribution in [0.25, 0.3) is 0 Å². The fraction of sp³-hybridized carbons (Fsp3) is 0.877. The summed E-state index contributed by atoms with van der Waals surface area (Å²) < 4.78 is 76.3. The zero-order valence-electron chi connectivity index (χ0n) is 47.8. The molecule has 0 bridgehead atoms. The van der Waals surface area contributed by atoms with Crippen LogP contribution in [-0.2, 0) is 70.6 Å². The lowest BCUT2D eigenvalue weighted by molar-refractivity contribution is -0.161. The molecule has 1 unspecified atom stereocenters. The Labute approximate surface area is 460 Å². The van der Waals surface area contributed by atoms with Gasteiger partial charge in [0.25, 0.3) is 0 Å². The Balaban J connectivity index is 4.40. The SMILES string of the molecule is CCCCCCCC/C=C\CCCCCCCC(=O)OC[C@H](COP(=O)(O)OCCNC(=O)OCCOCCOCCOCCOCCOCCOCCOC)OC(=O)CCCCCCC/C=C\CCCCCCCC. The molecule has 0 aromatic carbocycles. The number of hydrogen-bond acceptors (Lipinski definition) is 16. The van der Waals surface area contributed by atoms with E-state index >= 15 is 0 Å². The molecular formula is C57H108NO17P. The van der Waals surface area contributed by atoms with Crippen molar-refractivity contribution >= 4 is 25.9 Å². The Bertz CT molecular complexity index is 1380. The van der Waals surface area contributed by atoms with Gasteiger partial charge < -0.3 is 57.6 Å². The third kappa shape index (κ3) is 59.2. The smallest absolute Gasteiger partial charge is 0.462 e. The van der Waals surface area contributed by atoms with Gasteiger partial charge in [-0.2, -0.15) is 0 Å². The molecule has 0 rings (SSSR count). The van der Waals surface area contributed by atoms with Crippen LogP contribution in [0.15, 0.2) is 24.3 Å². The van der Waals surface area contributed by atoms with Crippen LogP contribution in [0, 0.1) is 0 Å². The van der Waals surface area contributed by atoms with Crippen molar-refractivity contribution in [3.63, 3.8) is 0 Å². The van der Waals surface area contributed by atoms with Gasteiger partial charge in [-0.25, -0.2) is 9.36 Å². The molecule has 76 heavy (non-hydrogen) atoms. The number of alkyl carbamates (subject to hydrolysis) is 1. The summed E-state index contributed by atoms with van der Waals surface area (Å²) in [6.07, 6.45) is 37.3. The van der Waals surface area contributed by atoms with Gasteiger partial charge >= 0.3 is 25.9 Å². The zero-order chi connectivity index (χ0) is 55.4. The van der Waals surface area contributed by atoms with Crippen LogP contribution >= 0.6 is 7.82 Å². The van der Waals surface area contributed by atoms with Crippen molar-refractivity contribution < 1.29 is 80.3 Å². The Morgan fingerprint density at radius 2 is 0.803 bits per heavy atom. The van der Waals surface area contributed by atoms with Gasteiger partial charge in [-0.3, -0.25) is 18.6 Å². The normalized spacial score (nSPS) is 12.9. The monoisotopic (exact) mass is 1110 g/mol. The van der Waals surface area contributed by atoms with Gasteiger partial charge in [0.15, 0.2) is 6.10 Å². The van der Waals surface area contributed by atoms with Gasteiger partial charge in [0, 0.05) is 26.5 Å². The summed E-state index contributed by atoms with van der Waals surface area (Å²) >= 11 is 0. The molecule has 0 heterocycles. The van der Waals surface area contributed by atoms with Crippen molar-refractivity contribution in [2.75, 3.05) is 126 Å². The third-order valence-corrected chi connectivity index (χ3v) is 12.8. The second kappa shape index (κ2) is 60.2. The molecule has 2 atom stereocenters. The number of allylic oxidation sites excluding steroid dienone is 4. The first-order chi connectivity index (χ1) is 37.2. The summed E-state index contributed by atoms with van der Waals surface area (Å²) in [5.41, 5.74) is 0.